The molecule has 20 heavy (non-hydrogen) atoms. The number of aryl methyl sites for hydroxylation is 3. The summed E-state index contributed by atoms with van der Waals surface area (Å²) in [5.74, 6) is -0.181. The molecule has 1 aromatic carbocycles. The minimum absolute atomic E-state index is 0.0784. The Balaban J connectivity index is 2.31. The van der Waals surface area contributed by atoms with Gasteiger partial charge in [0.05, 0.1) is 5.69 Å². The largest absolute Gasteiger partial charge is 0.313 e. The van der Waals surface area contributed by atoms with Gasteiger partial charge in [-0.05, 0) is 44.5 Å². The van der Waals surface area contributed by atoms with Crippen LogP contribution in [0.4, 0.5) is 4.39 Å². The highest BCUT2D eigenvalue weighted by molar-refractivity contribution is 6.30. The monoisotopic (exact) mass is 295 g/mol. The topological polar surface area (TPSA) is 29.9 Å². The van der Waals surface area contributed by atoms with Crippen LogP contribution in [-0.2, 0) is 13.5 Å². The van der Waals surface area contributed by atoms with Crippen LogP contribution in [0.5, 0.6) is 0 Å². The van der Waals surface area contributed by atoms with Gasteiger partial charge in [-0.2, -0.15) is 5.10 Å². The van der Waals surface area contributed by atoms with Crippen molar-refractivity contribution in [2.75, 3.05) is 7.05 Å². The van der Waals surface area contributed by atoms with Crippen LogP contribution in [0.3, 0.4) is 0 Å². The van der Waals surface area contributed by atoms with E-state index in [2.05, 4.69) is 10.4 Å². The third-order valence-corrected chi connectivity index (χ3v) is 4.08. The Bertz CT molecular complexity index is 622. The molecular formula is C15H19ClFN3. The van der Waals surface area contributed by atoms with Gasteiger partial charge in [0.1, 0.15) is 11.0 Å². The number of hydrogen-bond donors (Lipinski definition) is 1. The third kappa shape index (κ3) is 2.86. The Hall–Kier alpha value is -1.39. The van der Waals surface area contributed by atoms with Gasteiger partial charge in [-0.1, -0.05) is 23.7 Å². The summed E-state index contributed by atoms with van der Waals surface area (Å²) in [4.78, 5) is 0. The number of halogens is 2. The van der Waals surface area contributed by atoms with Crippen molar-refractivity contribution in [1.82, 2.24) is 15.1 Å². The van der Waals surface area contributed by atoms with Crippen LogP contribution in [0.25, 0.3) is 0 Å². The van der Waals surface area contributed by atoms with E-state index < -0.39 is 0 Å². The van der Waals surface area contributed by atoms with Crippen LogP contribution >= 0.6 is 11.6 Å². The number of nitrogens with zero attached hydrogens (tertiary/aromatic N) is 2. The second-order valence-electron chi connectivity index (χ2n) is 5.03. The summed E-state index contributed by atoms with van der Waals surface area (Å²) in [7, 11) is 3.72. The zero-order chi connectivity index (χ0) is 14.9. The van der Waals surface area contributed by atoms with Crippen LogP contribution in [0.15, 0.2) is 18.2 Å². The average Bonchev–Trinajstić information content (AvgIpc) is 2.65. The first kappa shape index (κ1) is 15.0. The van der Waals surface area contributed by atoms with Crippen LogP contribution in [-0.4, -0.2) is 16.8 Å². The molecule has 0 bridgehead atoms. The Morgan fingerprint density at radius 2 is 2.10 bits per heavy atom. The number of likely N-dealkylation sites (N-methyl/N-ethyl adjacent to an activating group) is 1. The molecule has 0 amide bonds. The molecule has 1 aromatic heterocycles. The van der Waals surface area contributed by atoms with Crippen LogP contribution in [0, 0.1) is 19.7 Å². The lowest BCUT2D eigenvalue weighted by molar-refractivity contribution is 0.582. The van der Waals surface area contributed by atoms with Crippen molar-refractivity contribution in [2.45, 2.75) is 26.3 Å². The fourth-order valence-corrected chi connectivity index (χ4v) is 2.63. The SMILES string of the molecule is CNC(Cc1c(C)nn(C)c1Cl)c1ccc(F)c(C)c1. The van der Waals surface area contributed by atoms with Gasteiger partial charge in [0.15, 0.2) is 0 Å². The summed E-state index contributed by atoms with van der Waals surface area (Å²) in [5.41, 5.74) is 3.65. The lowest BCUT2D eigenvalue weighted by atomic mass is 9.98. The molecule has 0 saturated heterocycles. The van der Waals surface area contributed by atoms with Gasteiger partial charge in [0.2, 0.25) is 0 Å². The third-order valence-electron chi connectivity index (χ3n) is 3.61. The normalized spacial score (nSPS) is 12.7. The first-order chi connectivity index (χ1) is 9.43. The molecule has 1 unspecified atom stereocenters. The maximum Gasteiger partial charge on any atom is 0.130 e. The predicted molar refractivity (Wildman–Crippen MR) is 79.6 cm³/mol. The fourth-order valence-electron chi connectivity index (χ4n) is 2.38. The second kappa shape index (κ2) is 5.94. The highest BCUT2D eigenvalue weighted by Gasteiger charge is 2.18. The molecule has 108 valence electrons. The van der Waals surface area contributed by atoms with Gasteiger partial charge in [-0.3, -0.25) is 4.68 Å². The first-order valence-electron chi connectivity index (χ1n) is 6.55. The molecular weight excluding hydrogens is 277 g/mol. The van der Waals surface area contributed by atoms with E-state index in [1.54, 1.807) is 11.6 Å². The Kier molecular flexibility index (Phi) is 4.45. The van der Waals surface area contributed by atoms with Gasteiger partial charge < -0.3 is 5.32 Å². The zero-order valence-corrected chi connectivity index (χ0v) is 12.9. The van der Waals surface area contributed by atoms with E-state index in [-0.39, 0.29) is 11.9 Å². The van der Waals surface area contributed by atoms with Crippen molar-refractivity contribution in [1.29, 1.82) is 0 Å². The summed E-state index contributed by atoms with van der Waals surface area (Å²) in [6.45, 7) is 3.72. The van der Waals surface area contributed by atoms with Crippen LogP contribution in [0.2, 0.25) is 5.15 Å². The molecule has 2 rings (SSSR count). The van der Waals surface area contributed by atoms with Gasteiger partial charge in [-0.25, -0.2) is 4.39 Å². The van der Waals surface area contributed by atoms with Crippen LogP contribution < -0.4 is 5.32 Å². The van der Waals surface area contributed by atoms with E-state index >= 15 is 0 Å². The van der Waals surface area contributed by atoms with E-state index in [0.29, 0.717) is 10.7 Å². The van der Waals surface area contributed by atoms with E-state index in [0.717, 1.165) is 23.2 Å². The minimum Gasteiger partial charge on any atom is -0.313 e. The molecule has 0 radical (unpaired) electrons. The number of aromatic nitrogens is 2. The molecule has 1 heterocycles. The van der Waals surface area contributed by atoms with Gasteiger partial charge in [-0.15, -0.1) is 0 Å². The lowest BCUT2D eigenvalue weighted by Crippen LogP contribution is -2.19. The predicted octanol–water partition coefficient (Wildman–Crippen LogP) is 3.33. The molecule has 0 aliphatic heterocycles. The van der Waals surface area contributed by atoms with Crippen LogP contribution in [0.1, 0.15) is 28.4 Å². The van der Waals surface area contributed by atoms with Gasteiger partial charge >= 0.3 is 0 Å². The van der Waals surface area contributed by atoms with Crippen molar-refractivity contribution in [2.24, 2.45) is 7.05 Å². The fraction of sp³-hybridized carbons (Fsp3) is 0.400. The number of nitrogens with one attached hydrogen (secondary N) is 1. The molecule has 1 N–H and O–H groups in total. The highest BCUT2D eigenvalue weighted by atomic mass is 35.5. The lowest BCUT2D eigenvalue weighted by Gasteiger charge is -2.17. The molecule has 0 aliphatic carbocycles. The molecule has 2 aromatic rings. The first-order valence-corrected chi connectivity index (χ1v) is 6.93. The molecule has 0 fully saturated rings. The number of hydrogen-bond acceptors (Lipinski definition) is 2. The van der Waals surface area contributed by atoms with E-state index in [1.807, 2.05) is 33.2 Å². The van der Waals surface area contributed by atoms with Crippen molar-refractivity contribution < 1.29 is 4.39 Å². The van der Waals surface area contributed by atoms with Crippen molar-refractivity contribution in [3.8, 4) is 0 Å². The molecule has 0 saturated carbocycles. The van der Waals surface area contributed by atoms with Crippen molar-refractivity contribution >= 4 is 11.6 Å². The standard InChI is InChI=1S/C15H19ClFN3/c1-9-7-11(5-6-13(9)17)14(18-3)8-12-10(2)19-20(4)15(12)16/h5-7,14,18H,8H2,1-4H3. The van der Waals surface area contributed by atoms with E-state index in [9.17, 15) is 4.39 Å². The summed E-state index contributed by atoms with van der Waals surface area (Å²) in [5, 5.41) is 8.23. The summed E-state index contributed by atoms with van der Waals surface area (Å²) < 4.78 is 15.0. The van der Waals surface area contributed by atoms with E-state index in [1.165, 1.54) is 6.07 Å². The Morgan fingerprint density at radius 1 is 1.40 bits per heavy atom. The maximum atomic E-state index is 13.4. The Morgan fingerprint density at radius 3 is 2.60 bits per heavy atom. The average molecular weight is 296 g/mol. The highest BCUT2D eigenvalue weighted by Crippen LogP contribution is 2.26. The van der Waals surface area contributed by atoms with Crippen molar-refractivity contribution in [3.05, 3.63) is 51.6 Å². The van der Waals surface area contributed by atoms with Gasteiger partial charge in [0.25, 0.3) is 0 Å². The smallest absolute Gasteiger partial charge is 0.130 e. The summed E-state index contributed by atoms with van der Waals surface area (Å²) in [6.07, 6.45) is 0.722. The number of benzene rings is 1. The molecule has 3 nitrogen and oxygen atoms in total. The summed E-state index contributed by atoms with van der Waals surface area (Å²) >= 11 is 6.27. The molecule has 5 heteroatoms. The molecule has 1 atom stereocenters. The quantitative estimate of drug-likeness (QED) is 0.937. The second-order valence-corrected chi connectivity index (χ2v) is 5.39. The van der Waals surface area contributed by atoms with Crippen molar-refractivity contribution in [3.63, 3.8) is 0 Å². The maximum absolute atomic E-state index is 13.4. The number of rotatable bonds is 4. The minimum atomic E-state index is -0.181. The van der Waals surface area contributed by atoms with Gasteiger partial charge in [0, 0.05) is 18.7 Å². The Labute approximate surface area is 123 Å². The van der Waals surface area contributed by atoms with E-state index in [4.69, 9.17) is 11.6 Å². The zero-order valence-electron chi connectivity index (χ0n) is 12.2. The molecule has 0 aliphatic rings. The summed E-state index contributed by atoms with van der Waals surface area (Å²) in [6, 6.07) is 5.26. The molecule has 0 spiro atoms.